The minimum Gasteiger partial charge on any atom is -0.444 e. The fraction of sp³-hybridized carbons (Fsp3) is 0.941. The Labute approximate surface area is 134 Å². The van der Waals surface area contributed by atoms with Gasteiger partial charge in [0.25, 0.3) is 0 Å². The van der Waals surface area contributed by atoms with Crippen LogP contribution in [-0.2, 0) is 9.47 Å². The largest absolute Gasteiger partial charge is 0.444 e. The molecular weight excluding hydrogens is 280 g/mol. The van der Waals surface area contributed by atoms with E-state index in [0.29, 0.717) is 24.1 Å². The summed E-state index contributed by atoms with van der Waals surface area (Å²) in [6.07, 6.45) is 3.30. The molecule has 3 atom stereocenters. The number of hydrogen-bond acceptors (Lipinski definition) is 4. The molecule has 2 saturated heterocycles. The van der Waals surface area contributed by atoms with E-state index in [1.165, 1.54) is 0 Å². The number of nitrogens with one attached hydrogen (secondary N) is 1. The standard InChI is InChI=1S/C17H32N2O3/c1-12(2)15-10-13(7-9-21-15)18-14-6-8-19(11-14)16(20)22-17(3,4)5/h12-15,18H,6-11H2,1-5H3. The maximum atomic E-state index is 12.1. The Bertz CT molecular complexity index is 379. The van der Waals surface area contributed by atoms with Gasteiger partial charge in [-0.15, -0.1) is 0 Å². The third kappa shape index (κ3) is 5.13. The van der Waals surface area contributed by atoms with Crippen molar-refractivity contribution < 1.29 is 14.3 Å². The number of amides is 1. The van der Waals surface area contributed by atoms with E-state index < -0.39 is 5.60 Å². The van der Waals surface area contributed by atoms with Crippen LogP contribution in [0.25, 0.3) is 0 Å². The summed E-state index contributed by atoms with van der Waals surface area (Å²) in [5, 5.41) is 3.72. The lowest BCUT2D eigenvalue weighted by atomic mass is 9.95. The number of hydrogen-bond donors (Lipinski definition) is 1. The predicted octanol–water partition coefficient (Wildman–Crippen LogP) is 2.79. The molecule has 5 nitrogen and oxygen atoms in total. The Hall–Kier alpha value is -0.810. The first-order valence-electron chi connectivity index (χ1n) is 8.60. The molecule has 2 rings (SSSR count). The van der Waals surface area contributed by atoms with E-state index in [-0.39, 0.29) is 6.09 Å². The summed E-state index contributed by atoms with van der Waals surface area (Å²) >= 11 is 0. The molecule has 0 aromatic carbocycles. The molecule has 3 unspecified atom stereocenters. The summed E-state index contributed by atoms with van der Waals surface area (Å²) in [5.41, 5.74) is -0.423. The number of nitrogens with zero attached hydrogens (tertiary/aromatic N) is 1. The van der Waals surface area contributed by atoms with E-state index in [2.05, 4.69) is 19.2 Å². The maximum Gasteiger partial charge on any atom is 0.410 e. The van der Waals surface area contributed by atoms with Crippen molar-refractivity contribution in [2.45, 2.75) is 77.7 Å². The summed E-state index contributed by atoms with van der Waals surface area (Å²) in [6, 6.07) is 0.883. The van der Waals surface area contributed by atoms with Crippen LogP contribution < -0.4 is 5.32 Å². The zero-order valence-corrected chi connectivity index (χ0v) is 14.7. The van der Waals surface area contributed by atoms with E-state index in [4.69, 9.17) is 9.47 Å². The summed E-state index contributed by atoms with van der Waals surface area (Å²) in [6.45, 7) is 12.5. The quantitative estimate of drug-likeness (QED) is 0.870. The topological polar surface area (TPSA) is 50.8 Å². The molecule has 0 aromatic rings. The van der Waals surface area contributed by atoms with Crippen LogP contribution in [0.3, 0.4) is 0 Å². The third-order valence-corrected chi connectivity index (χ3v) is 4.37. The number of ether oxygens (including phenoxy) is 2. The van der Waals surface area contributed by atoms with E-state index in [0.717, 1.165) is 39.0 Å². The van der Waals surface area contributed by atoms with Gasteiger partial charge in [-0.3, -0.25) is 0 Å². The van der Waals surface area contributed by atoms with Crippen LogP contribution in [0.5, 0.6) is 0 Å². The molecule has 1 amide bonds. The van der Waals surface area contributed by atoms with Crippen molar-refractivity contribution in [3.63, 3.8) is 0 Å². The second-order valence-corrected chi connectivity index (χ2v) is 7.95. The fourth-order valence-corrected chi connectivity index (χ4v) is 3.17. The van der Waals surface area contributed by atoms with E-state index >= 15 is 0 Å². The van der Waals surface area contributed by atoms with Gasteiger partial charge in [-0.1, -0.05) is 13.8 Å². The number of likely N-dealkylation sites (tertiary alicyclic amines) is 1. The monoisotopic (exact) mass is 312 g/mol. The molecule has 0 bridgehead atoms. The Morgan fingerprint density at radius 3 is 2.64 bits per heavy atom. The molecule has 128 valence electrons. The lowest BCUT2D eigenvalue weighted by molar-refractivity contribution is -0.0258. The highest BCUT2D eigenvalue weighted by atomic mass is 16.6. The van der Waals surface area contributed by atoms with Crippen LogP contribution in [-0.4, -0.2) is 54.5 Å². The highest BCUT2D eigenvalue weighted by Gasteiger charge is 2.32. The number of carbonyl (C=O) groups is 1. The first-order valence-corrected chi connectivity index (χ1v) is 8.60. The molecule has 0 spiro atoms. The van der Waals surface area contributed by atoms with Crippen molar-refractivity contribution in [3.05, 3.63) is 0 Å². The van der Waals surface area contributed by atoms with Gasteiger partial charge >= 0.3 is 6.09 Å². The van der Waals surface area contributed by atoms with Crippen LogP contribution in [0.2, 0.25) is 0 Å². The first kappa shape index (κ1) is 17.5. The molecular formula is C17H32N2O3. The average Bonchev–Trinajstić information content (AvgIpc) is 2.85. The van der Waals surface area contributed by atoms with Crippen LogP contribution >= 0.6 is 0 Å². The average molecular weight is 312 g/mol. The molecule has 0 aromatic heterocycles. The first-order chi connectivity index (χ1) is 10.2. The van der Waals surface area contributed by atoms with Gasteiger partial charge in [0.15, 0.2) is 0 Å². The van der Waals surface area contributed by atoms with Gasteiger partial charge in [-0.25, -0.2) is 4.79 Å². The highest BCUT2D eigenvalue weighted by Crippen LogP contribution is 2.22. The number of carbonyl (C=O) groups excluding carboxylic acids is 1. The molecule has 0 aliphatic carbocycles. The van der Waals surface area contributed by atoms with Crippen molar-refractivity contribution >= 4 is 6.09 Å². The number of rotatable bonds is 3. The third-order valence-electron chi connectivity index (χ3n) is 4.37. The van der Waals surface area contributed by atoms with Crippen LogP contribution in [0, 0.1) is 5.92 Å². The Morgan fingerprint density at radius 2 is 2.00 bits per heavy atom. The lowest BCUT2D eigenvalue weighted by Crippen LogP contribution is -2.46. The van der Waals surface area contributed by atoms with Gasteiger partial charge in [-0.2, -0.15) is 0 Å². The fourth-order valence-electron chi connectivity index (χ4n) is 3.17. The van der Waals surface area contributed by atoms with Crippen LogP contribution in [0.15, 0.2) is 0 Å². The normalized spacial score (nSPS) is 29.9. The molecule has 22 heavy (non-hydrogen) atoms. The second-order valence-electron chi connectivity index (χ2n) is 7.95. The van der Waals surface area contributed by atoms with E-state index in [1.807, 2.05) is 25.7 Å². The van der Waals surface area contributed by atoms with E-state index in [1.54, 1.807) is 0 Å². The second kappa shape index (κ2) is 7.18. The molecule has 2 aliphatic rings. The molecule has 0 saturated carbocycles. The Balaban J connectivity index is 1.77. The van der Waals surface area contributed by atoms with Crippen LogP contribution in [0.1, 0.15) is 53.9 Å². The minimum absolute atomic E-state index is 0.191. The van der Waals surface area contributed by atoms with E-state index in [9.17, 15) is 4.79 Å². The summed E-state index contributed by atoms with van der Waals surface area (Å²) in [5.74, 6) is 0.562. The van der Waals surface area contributed by atoms with Gasteiger partial charge in [0, 0.05) is 31.8 Å². The predicted molar refractivity (Wildman–Crippen MR) is 86.9 cm³/mol. The summed E-state index contributed by atoms with van der Waals surface area (Å²) in [4.78, 5) is 13.9. The molecule has 5 heteroatoms. The van der Waals surface area contributed by atoms with Gasteiger partial charge in [0.2, 0.25) is 0 Å². The zero-order chi connectivity index (χ0) is 16.3. The Morgan fingerprint density at radius 1 is 1.27 bits per heavy atom. The van der Waals surface area contributed by atoms with Crippen molar-refractivity contribution in [3.8, 4) is 0 Å². The lowest BCUT2D eigenvalue weighted by Gasteiger charge is -2.34. The van der Waals surface area contributed by atoms with Crippen LogP contribution in [0.4, 0.5) is 4.79 Å². The SMILES string of the molecule is CC(C)C1CC(NC2CCN(C(=O)OC(C)(C)C)C2)CCO1. The van der Waals surface area contributed by atoms with Crippen molar-refractivity contribution in [1.29, 1.82) is 0 Å². The summed E-state index contributed by atoms with van der Waals surface area (Å²) < 4.78 is 11.3. The maximum absolute atomic E-state index is 12.1. The minimum atomic E-state index is -0.423. The smallest absolute Gasteiger partial charge is 0.410 e. The van der Waals surface area contributed by atoms with Gasteiger partial charge in [-0.05, 0) is 46.0 Å². The molecule has 2 fully saturated rings. The van der Waals surface area contributed by atoms with Crippen molar-refractivity contribution in [2.75, 3.05) is 19.7 Å². The van der Waals surface area contributed by atoms with Gasteiger partial charge < -0.3 is 19.7 Å². The molecule has 2 heterocycles. The molecule has 1 N–H and O–H groups in total. The van der Waals surface area contributed by atoms with Crippen molar-refractivity contribution in [2.24, 2.45) is 5.92 Å². The van der Waals surface area contributed by atoms with Crippen molar-refractivity contribution in [1.82, 2.24) is 10.2 Å². The zero-order valence-electron chi connectivity index (χ0n) is 14.7. The highest BCUT2D eigenvalue weighted by molar-refractivity contribution is 5.68. The van der Waals surface area contributed by atoms with Gasteiger partial charge in [0.1, 0.15) is 5.60 Å². The Kier molecular flexibility index (Phi) is 5.72. The molecule has 2 aliphatic heterocycles. The summed E-state index contributed by atoms with van der Waals surface area (Å²) in [7, 11) is 0. The molecule has 0 radical (unpaired) electrons. The van der Waals surface area contributed by atoms with Gasteiger partial charge in [0.05, 0.1) is 6.10 Å².